The average Bonchev–Trinajstić information content (AvgIpc) is 2.79. The van der Waals surface area contributed by atoms with Gasteiger partial charge in [0.25, 0.3) is 0 Å². The van der Waals surface area contributed by atoms with Crippen LogP contribution in [0.4, 0.5) is 0 Å². The molecule has 0 saturated heterocycles. The van der Waals surface area contributed by atoms with E-state index in [-0.39, 0.29) is 5.92 Å². The Labute approximate surface area is 182 Å². The Morgan fingerprint density at radius 3 is 1.77 bits per heavy atom. The lowest BCUT2D eigenvalue weighted by Gasteiger charge is -2.20. The number of hydrogen-bond acceptors (Lipinski definition) is 2. The SMILES string of the molecule is Cc1cc(-c2ccc(O)c(C(C)c3c4ccccc4cc4ccccc34)c2)ccc1O. The van der Waals surface area contributed by atoms with E-state index in [1.165, 1.54) is 27.1 Å². The third kappa shape index (κ3) is 3.30. The average molecular weight is 405 g/mol. The molecule has 1 unspecified atom stereocenters. The van der Waals surface area contributed by atoms with E-state index in [2.05, 4.69) is 67.6 Å². The molecule has 2 N–H and O–H groups in total. The molecule has 0 spiro atoms. The topological polar surface area (TPSA) is 40.5 Å². The van der Waals surface area contributed by atoms with Crippen molar-refractivity contribution in [2.45, 2.75) is 19.8 Å². The van der Waals surface area contributed by atoms with Crippen molar-refractivity contribution in [2.24, 2.45) is 0 Å². The monoisotopic (exact) mass is 404 g/mol. The molecule has 0 fully saturated rings. The van der Waals surface area contributed by atoms with Crippen LogP contribution in [0, 0.1) is 6.92 Å². The fourth-order valence-electron chi connectivity index (χ4n) is 4.59. The zero-order chi connectivity index (χ0) is 21.5. The van der Waals surface area contributed by atoms with Crippen molar-refractivity contribution in [1.82, 2.24) is 0 Å². The first kappa shape index (κ1) is 19.2. The van der Waals surface area contributed by atoms with Gasteiger partial charge in [0.2, 0.25) is 0 Å². The summed E-state index contributed by atoms with van der Waals surface area (Å²) < 4.78 is 0. The highest BCUT2D eigenvalue weighted by Gasteiger charge is 2.19. The smallest absolute Gasteiger partial charge is 0.119 e. The second-order valence-corrected chi connectivity index (χ2v) is 8.23. The Hall–Kier alpha value is -3.78. The Kier molecular flexibility index (Phi) is 4.63. The Morgan fingerprint density at radius 2 is 1.16 bits per heavy atom. The van der Waals surface area contributed by atoms with Crippen LogP contribution in [0.25, 0.3) is 32.7 Å². The Morgan fingerprint density at radius 1 is 0.613 bits per heavy atom. The summed E-state index contributed by atoms with van der Waals surface area (Å²) in [7, 11) is 0. The lowest BCUT2D eigenvalue weighted by atomic mass is 9.84. The lowest BCUT2D eigenvalue weighted by molar-refractivity contribution is 0.466. The van der Waals surface area contributed by atoms with Crippen LogP contribution in [-0.4, -0.2) is 10.2 Å². The summed E-state index contributed by atoms with van der Waals surface area (Å²) in [4.78, 5) is 0. The van der Waals surface area contributed by atoms with Crippen molar-refractivity contribution in [2.75, 3.05) is 0 Å². The maximum atomic E-state index is 10.8. The summed E-state index contributed by atoms with van der Waals surface area (Å²) >= 11 is 0. The van der Waals surface area contributed by atoms with Gasteiger partial charge in [-0.15, -0.1) is 0 Å². The molecule has 0 amide bonds. The molecule has 0 bridgehead atoms. The van der Waals surface area contributed by atoms with E-state index < -0.39 is 0 Å². The van der Waals surface area contributed by atoms with Crippen LogP contribution in [0.3, 0.4) is 0 Å². The van der Waals surface area contributed by atoms with E-state index in [0.29, 0.717) is 11.5 Å². The fraction of sp³-hybridized carbons (Fsp3) is 0.103. The van der Waals surface area contributed by atoms with E-state index in [0.717, 1.165) is 22.3 Å². The predicted molar refractivity (Wildman–Crippen MR) is 129 cm³/mol. The van der Waals surface area contributed by atoms with Crippen LogP contribution in [0.15, 0.2) is 91.0 Å². The summed E-state index contributed by atoms with van der Waals surface area (Å²) in [5.74, 6) is 0.580. The van der Waals surface area contributed by atoms with Gasteiger partial charge in [0.1, 0.15) is 11.5 Å². The van der Waals surface area contributed by atoms with Crippen LogP contribution in [0.2, 0.25) is 0 Å². The number of hydrogen-bond donors (Lipinski definition) is 2. The third-order valence-corrected chi connectivity index (χ3v) is 6.27. The molecule has 0 heterocycles. The number of rotatable bonds is 3. The number of benzene rings is 5. The molecule has 31 heavy (non-hydrogen) atoms. The van der Waals surface area contributed by atoms with Gasteiger partial charge in [-0.05, 0) is 81.1 Å². The normalized spacial score (nSPS) is 12.3. The number of phenolic OH excluding ortho intramolecular Hbond substituents is 2. The highest BCUT2D eigenvalue weighted by molar-refractivity contribution is 6.03. The molecule has 0 aliphatic carbocycles. The van der Waals surface area contributed by atoms with Gasteiger partial charge in [-0.2, -0.15) is 0 Å². The van der Waals surface area contributed by atoms with Gasteiger partial charge < -0.3 is 10.2 Å². The van der Waals surface area contributed by atoms with Crippen molar-refractivity contribution in [3.05, 3.63) is 108 Å². The van der Waals surface area contributed by atoms with E-state index in [1.807, 2.05) is 25.1 Å². The van der Waals surface area contributed by atoms with Crippen LogP contribution in [-0.2, 0) is 0 Å². The van der Waals surface area contributed by atoms with Gasteiger partial charge in [-0.1, -0.05) is 67.6 Å². The zero-order valence-electron chi connectivity index (χ0n) is 17.6. The third-order valence-electron chi connectivity index (χ3n) is 6.27. The molecule has 0 radical (unpaired) electrons. The first-order chi connectivity index (χ1) is 15.0. The summed E-state index contributed by atoms with van der Waals surface area (Å²) in [6.45, 7) is 4.06. The van der Waals surface area contributed by atoms with Crippen LogP contribution < -0.4 is 0 Å². The molecule has 2 nitrogen and oxygen atoms in total. The predicted octanol–water partition coefficient (Wildman–Crippen LogP) is 7.53. The molecule has 2 heteroatoms. The summed E-state index contributed by atoms with van der Waals surface area (Å²) in [6, 6.07) is 30.5. The molecule has 1 atom stereocenters. The summed E-state index contributed by atoms with van der Waals surface area (Å²) in [5.41, 5.74) is 4.99. The molecular weight excluding hydrogens is 380 g/mol. The first-order valence-corrected chi connectivity index (χ1v) is 10.6. The van der Waals surface area contributed by atoms with Crippen molar-refractivity contribution >= 4 is 21.5 Å². The van der Waals surface area contributed by atoms with Crippen LogP contribution in [0.1, 0.15) is 29.5 Å². The highest BCUT2D eigenvalue weighted by atomic mass is 16.3. The van der Waals surface area contributed by atoms with Crippen molar-refractivity contribution in [3.63, 3.8) is 0 Å². The van der Waals surface area contributed by atoms with Gasteiger partial charge in [0, 0.05) is 11.5 Å². The van der Waals surface area contributed by atoms with E-state index in [4.69, 9.17) is 0 Å². The molecule has 5 rings (SSSR count). The maximum absolute atomic E-state index is 10.8. The van der Waals surface area contributed by atoms with Crippen molar-refractivity contribution in [1.29, 1.82) is 0 Å². The molecule has 5 aromatic rings. The van der Waals surface area contributed by atoms with Gasteiger partial charge in [-0.25, -0.2) is 0 Å². The molecule has 0 aliphatic rings. The Balaban J connectivity index is 1.72. The van der Waals surface area contributed by atoms with Gasteiger partial charge >= 0.3 is 0 Å². The second-order valence-electron chi connectivity index (χ2n) is 8.23. The van der Waals surface area contributed by atoms with E-state index in [9.17, 15) is 10.2 Å². The first-order valence-electron chi connectivity index (χ1n) is 10.6. The molecule has 152 valence electrons. The van der Waals surface area contributed by atoms with Crippen molar-refractivity contribution in [3.8, 4) is 22.6 Å². The molecule has 0 aromatic heterocycles. The van der Waals surface area contributed by atoms with Crippen LogP contribution >= 0.6 is 0 Å². The van der Waals surface area contributed by atoms with Gasteiger partial charge in [-0.3, -0.25) is 0 Å². The second kappa shape index (κ2) is 7.48. The molecule has 0 aliphatic heterocycles. The fourth-order valence-corrected chi connectivity index (χ4v) is 4.59. The number of phenols is 2. The van der Waals surface area contributed by atoms with Gasteiger partial charge in [0.05, 0.1) is 0 Å². The molecule has 5 aromatic carbocycles. The molecule has 0 saturated carbocycles. The number of aromatic hydroxyl groups is 2. The number of aryl methyl sites for hydroxylation is 1. The Bertz CT molecular complexity index is 1380. The lowest BCUT2D eigenvalue weighted by Crippen LogP contribution is -2.00. The van der Waals surface area contributed by atoms with Crippen molar-refractivity contribution < 1.29 is 10.2 Å². The zero-order valence-corrected chi connectivity index (χ0v) is 17.6. The van der Waals surface area contributed by atoms with Crippen LogP contribution in [0.5, 0.6) is 11.5 Å². The standard InChI is InChI=1S/C29H24O2/c1-18-15-20(11-13-27(18)30)21-12-14-28(31)26(17-21)19(2)29-24-9-5-3-7-22(24)16-23-8-4-6-10-25(23)29/h3-17,19,30-31H,1-2H3. The summed E-state index contributed by atoms with van der Waals surface area (Å²) in [5, 5.41) is 25.5. The highest BCUT2D eigenvalue weighted by Crippen LogP contribution is 2.41. The van der Waals surface area contributed by atoms with Gasteiger partial charge in [0.15, 0.2) is 0 Å². The largest absolute Gasteiger partial charge is 0.508 e. The maximum Gasteiger partial charge on any atom is 0.119 e. The minimum atomic E-state index is -0.00541. The molecular formula is C29H24O2. The van der Waals surface area contributed by atoms with E-state index >= 15 is 0 Å². The minimum absolute atomic E-state index is 0.00541. The van der Waals surface area contributed by atoms with E-state index in [1.54, 1.807) is 12.1 Å². The quantitative estimate of drug-likeness (QED) is 0.305. The minimum Gasteiger partial charge on any atom is -0.508 e. The number of fused-ring (bicyclic) bond motifs is 2. The summed E-state index contributed by atoms with van der Waals surface area (Å²) in [6.07, 6.45) is 0.